The molecule has 29 heavy (non-hydrogen) atoms. The lowest BCUT2D eigenvalue weighted by atomic mass is 9.76. The summed E-state index contributed by atoms with van der Waals surface area (Å²) >= 11 is 3.44. The maximum atomic E-state index is 12.8. The van der Waals surface area contributed by atoms with Crippen LogP contribution < -0.4 is 15.4 Å². The quantitative estimate of drug-likeness (QED) is 0.726. The Morgan fingerprint density at radius 2 is 2.07 bits per heavy atom. The third-order valence-electron chi connectivity index (χ3n) is 5.61. The molecule has 148 valence electrons. The van der Waals surface area contributed by atoms with E-state index in [2.05, 4.69) is 26.6 Å². The van der Waals surface area contributed by atoms with Crippen molar-refractivity contribution in [3.63, 3.8) is 0 Å². The Labute approximate surface area is 177 Å². The summed E-state index contributed by atoms with van der Waals surface area (Å²) < 4.78 is 6.53. The average Bonchev–Trinajstić information content (AvgIpc) is 3.12. The van der Waals surface area contributed by atoms with E-state index in [1.165, 1.54) is 0 Å². The molecular formula is C22H20BrN3O3. The van der Waals surface area contributed by atoms with Crippen molar-refractivity contribution in [1.82, 2.24) is 10.6 Å². The number of nitriles is 1. The molecule has 1 heterocycles. The van der Waals surface area contributed by atoms with Gasteiger partial charge in [-0.05, 0) is 55.7 Å². The van der Waals surface area contributed by atoms with Crippen LogP contribution in [0.3, 0.4) is 0 Å². The highest BCUT2D eigenvalue weighted by molar-refractivity contribution is 9.10. The summed E-state index contributed by atoms with van der Waals surface area (Å²) in [5.41, 5.74) is 1.32. The number of benzene rings is 2. The normalized spacial score (nSPS) is 18.6. The Morgan fingerprint density at radius 3 is 2.79 bits per heavy atom. The largest absolute Gasteiger partial charge is 0.492 e. The van der Waals surface area contributed by atoms with Gasteiger partial charge in [-0.3, -0.25) is 9.59 Å². The van der Waals surface area contributed by atoms with Crippen LogP contribution in [0.25, 0.3) is 0 Å². The highest BCUT2D eigenvalue weighted by Gasteiger charge is 2.40. The minimum Gasteiger partial charge on any atom is -0.492 e. The number of carbonyl (C=O) groups is 2. The molecule has 7 heteroatoms. The number of ether oxygens (including phenoxy) is 1. The van der Waals surface area contributed by atoms with Gasteiger partial charge < -0.3 is 15.4 Å². The van der Waals surface area contributed by atoms with Gasteiger partial charge in [-0.2, -0.15) is 5.26 Å². The molecule has 1 unspecified atom stereocenters. The van der Waals surface area contributed by atoms with Gasteiger partial charge in [-0.15, -0.1) is 0 Å². The van der Waals surface area contributed by atoms with Crippen molar-refractivity contribution >= 4 is 27.7 Å². The zero-order chi connectivity index (χ0) is 20.4. The summed E-state index contributed by atoms with van der Waals surface area (Å²) in [5.74, 6) is 0.0448. The topological polar surface area (TPSA) is 91.2 Å². The molecule has 0 spiro atoms. The van der Waals surface area contributed by atoms with E-state index in [9.17, 15) is 9.59 Å². The van der Waals surface area contributed by atoms with Gasteiger partial charge in [0.1, 0.15) is 18.3 Å². The molecule has 6 nitrogen and oxygen atoms in total. The summed E-state index contributed by atoms with van der Waals surface area (Å²) in [5, 5.41) is 15.1. The zero-order valence-corrected chi connectivity index (χ0v) is 17.3. The molecule has 0 aromatic heterocycles. The van der Waals surface area contributed by atoms with Crippen LogP contribution in [-0.2, 0) is 4.79 Å². The second kappa shape index (κ2) is 7.88. The lowest BCUT2D eigenvalue weighted by Gasteiger charge is -2.42. The van der Waals surface area contributed by atoms with Crippen molar-refractivity contribution < 1.29 is 14.3 Å². The molecule has 2 aromatic carbocycles. The van der Waals surface area contributed by atoms with Crippen LogP contribution in [0.5, 0.6) is 5.75 Å². The van der Waals surface area contributed by atoms with Crippen molar-refractivity contribution in [2.45, 2.75) is 30.7 Å². The van der Waals surface area contributed by atoms with Gasteiger partial charge in [-0.1, -0.05) is 22.0 Å². The van der Waals surface area contributed by atoms with E-state index < -0.39 is 5.54 Å². The maximum Gasteiger partial charge on any atom is 0.251 e. The van der Waals surface area contributed by atoms with Crippen LogP contribution >= 0.6 is 15.9 Å². The summed E-state index contributed by atoms with van der Waals surface area (Å²) in [6.07, 6.45) is 2.61. The van der Waals surface area contributed by atoms with Crippen molar-refractivity contribution in [2.75, 3.05) is 13.2 Å². The van der Waals surface area contributed by atoms with E-state index in [0.717, 1.165) is 35.0 Å². The fraction of sp³-hybridized carbons (Fsp3) is 0.318. The minimum atomic E-state index is -0.449. The van der Waals surface area contributed by atoms with E-state index >= 15 is 0 Å². The summed E-state index contributed by atoms with van der Waals surface area (Å²) in [7, 11) is 0. The first-order chi connectivity index (χ1) is 14.0. The van der Waals surface area contributed by atoms with Gasteiger partial charge in [0.25, 0.3) is 5.91 Å². The predicted octanol–water partition coefficient (Wildman–Crippen LogP) is 3.27. The number of carbonyl (C=O) groups excluding carboxylic acids is 2. The van der Waals surface area contributed by atoms with Gasteiger partial charge in [-0.25, -0.2) is 0 Å². The molecule has 2 N–H and O–H groups in total. The number of halogens is 1. The van der Waals surface area contributed by atoms with Gasteiger partial charge in [0, 0.05) is 22.1 Å². The molecule has 1 saturated carbocycles. The maximum absolute atomic E-state index is 12.8. The smallest absolute Gasteiger partial charge is 0.251 e. The Hall–Kier alpha value is -2.85. The summed E-state index contributed by atoms with van der Waals surface area (Å²) in [4.78, 5) is 25.5. The number of nitrogens with one attached hydrogen (secondary N) is 2. The zero-order valence-electron chi connectivity index (χ0n) is 15.7. The molecule has 0 bridgehead atoms. The van der Waals surface area contributed by atoms with Crippen LogP contribution in [-0.4, -0.2) is 30.5 Å². The van der Waals surface area contributed by atoms with Crippen molar-refractivity contribution in [2.24, 2.45) is 0 Å². The van der Waals surface area contributed by atoms with Crippen LogP contribution in [0.2, 0.25) is 0 Å². The second-order valence-corrected chi connectivity index (χ2v) is 8.46. The SMILES string of the molecule is N#Cc1cccc(C(=O)NC2(CNC(=O)C3COc4ccc(Br)cc43)CCC2)c1. The Bertz CT molecular complexity index is 1010. The van der Waals surface area contributed by atoms with E-state index in [1.54, 1.807) is 24.3 Å². The molecule has 1 fully saturated rings. The molecule has 0 radical (unpaired) electrons. The lowest BCUT2D eigenvalue weighted by Crippen LogP contribution is -2.60. The van der Waals surface area contributed by atoms with E-state index in [0.29, 0.717) is 24.3 Å². The molecule has 0 saturated heterocycles. The first-order valence-corrected chi connectivity index (χ1v) is 10.3. The predicted molar refractivity (Wildman–Crippen MR) is 111 cm³/mol. The number of amides is 2. The third-order valence-corrected chi connectivity index (χ3v) is 6.11. The molecular weight excluding hydrogens is 434 g/mol. The number of fused-ring (bicyclic) bond motifs is 1. The molecule has 4 rings (SSSR count). The summed E-state index contributed by atoms with van der Waals surface area (Å²) in [6, 6.07) is 14.3. The third kappa shape index (κ3) is 3.99. The minimum absolute atomic E-state index is 0.103. The van der Waals surface area contributed by atoms with Gasteiger partial charge >= 0.3 is 0 Å². The molecule has 1 atom stereocenters. The monoisotopic (exact) mass is 453 g/mol. The number of nitrogens with zero attached hydrogens (tertiary/aromatic N) is 1. The van der Waals surface area contributed by atoms with Crippen LogP contribution in [0.15, 0.2) is 46.9 Å². The van der Waals surface area contributed by atoms with Gasteiger partial charge in [0.05, 0.1) is 17.2 Å². The van der Waals surface area contributed by atoms with E-state index in [4.69, 9.17) is 10.00 Å². The summed E-state index contributed by atoms with van der Waals surface area (Å²) in [6.45, 7) is 0.688. The fourth-order valence-corrected chi connectivity index (χ4v) is 4.15. The Balaban J connectivity index is 1.41. The average molecular weight is 454 g/mol. The van der Waals surface area contributed by atoms with Crippen molar-refractivity contribution in [1.29, 1.82) is 5.26 Å². The van der Waals surface area contributed by atoms with Crippen LogP contribution in [0.1, 0.15) is 46.7 Å². The van der Waals surface area contributed by atoms with E-state index in [1.807, 2.05) is 24.3 Å². The van der Waals surface area contributed by atoms with Crippen molar-refractivity contribution in [3.8, 4) is 11.8 Å². The van der Waals surface area contributed by atoms with Gasteiger partial charge in [0.15, 0.2) is 0 Å². The fourth-order valence-electron chi connectivity index (χ4n) is 3.77. The standard InChI is InChI=1S/C22H20BrN3O3/c23-16-5-6-19-17(10-16)18(12-29-19)21(28)25-13-22(7-2-8-22)26-20(27)15-4-1-3-14(9-15)11-24/h1,3-6,9-10,18H,2,7-8,12-13H2,(H,25,28)(H,26,27). The molecule has 2 amide bonds. The number of hydrogen-bond acceptors (Lipinski definition) is 4. The van der Waals surface area contributed by atoms with Crippen LogP contribution in [0.4, 0.5) is 0 Å². The lowest BCUT2D eigenvalue weighted by molar-refractivity contribution is -0.123. The molecule has 2 aliphatic rings. The first kappa shape index (κ1) is 19.5. The van der Waals surface area contributed by atoms with Crippen LogP contribution in [0, 0.1) is 11.3 Å². The van der Waals surface area contributed by atoms with Gasteiger partial charge in [0.2, 0.25) is 5.91 Å². The Kier molecular flexibility index (Phi) is 5.29. The molecule has 1 aliphatic carbocycles. The van der Waals surface area contributed by atoms with E-state index in [-0.39, 0.29) is 17.7 Å². The second-order valence-electron chi connectivity index (χ2n) is 7.54. The highest BCUT2D eigenvalue weighted by Crippen LogP contribution is 2.36. The highest BCUT2D eigenvalue weighted by atomic mass is 79.9. The number of hydrogen-bond donors (Lipinski definition) is 2. The van der Waals surface area contributed by atoms with Crippen molar-refractivity contribution in [3.05, 3.63) is 63.6 Å². The first-order valence-electron chi connectivity index (χ1n) is 9.52. The molecule has 2 aromatic rings. The Morgan fingerprint density at radius 1 is 1.24 bits per heavy atom. The molecule has 1 aliphatic heterocycles. The number of rotatable bonds is 5.